The second-order valence-corrected chi connectivity index (χ2v) is 4.97. The maximum Gasteiger partial charge on any atom is 0.278 e. The van der Waals surface area contributed by atoms with Crippen LogP contribution in [0.25, 0.3) is 0 Å². The molecule has 2 rings (SSSR count). The summed E-state index contributed by atoms with van der Waals surface area (Å²) >= 11 is 0. The molecule has 0 radical (unpaired) electrons. The van der Waals surface area contributed by atoms with Crippen LogP contribution >= 0.6 is 0 Å². The molecule has 0 saturated heterocycles. The Labute approximate surface area is 122 Å². The van der Waals surface area contributed by atoms with E-state index in [1.807, 2.05) is 6.92 Å². The summed E-state index contributed by atoms with van der Waals surface area (Å²) in [6, 6.07) is -0.153. The van der Waals surface area contributed by atoms with E-state index in [1.165, 1.54) is 6.20 Å². The minimum atomic E-state index is -0.379. The van der Waals surface area contributed by atoms with Gasteiger partial charge in [0.2, 0.25) is 0 Å². The molecular weight excluding hydrogens is 272 g/mol. The number of nitrogens with two attached hydrogens (primary N) is 1. The predicted octanol–water partition coefficient (Wildman–Crippen LogP) is 1.66. The molecule has 0 aromatic carbocycles. The minimum Gasteiger partial charge on any atom is -0.323 e. The molecule has 8 nitrogen and oxygen atoms in total. The molecule has 21 heavy (non-hydrogen) atoms. The fraction of sp³-hybridized carbons (Fsp3) is 0.462. The van der Waals surface area contributed by atoms with E-state index in [9.17, 15) is 10.1 Å². The van der Waals surface area contributed by atoms with Crippen molar-refractivity contribution < 1.29 is 4.92 Å². The van der Waals surface area contributed by atoms with Gasteiger partial charge in [-0.1, -0.05) is 12.1 Å². The Morgan fingerprint density at radius 2 is 2.19 bits per heavy atom. The SMILES string of the molecule is CCC(N)c1cn(Cc2ncc(C)c([N+](=O)[O-])c2C)nn1. The molecule has 0 aliphatic carbocycles. The van der Waals surface area contributed by atoms with Gasteiger partial charge in [-0.2, -0.15) is 0 Å². The summed E-state index contributed by atoms with van der Waals surface area (Å²) in [5.74, 6) is 0. The van der Waals surface area contributed by atoms with Crippen molar-refractivity contribution in [3.8, 4) is 0 Å². The lowest BCUT2D eigenvalue weighted by Crippen LogP contribution is -2.09. The first-order chi connectivity index (χ1) is 9.93. The molecule has 0 aliphatic rings. The third-order valence-corrected chi connectivity index (χ3v) is 3.45. The highest BCUT2D eigenvalue weighted by Crippen LogP contribution is 2.24. The molecule has 1 atom stereocenters. The van der Waals surface area contributed by atoms with Gasteiger partial charge in [0.05, 0.1) is 40.7 Å². The van der Waals surface area contributed by atoms with Crippen LogP contribution in [0.1, 0.15) is 41.9 Å². The second-order valence-electron chi connectivity index (χ2n) is 4.97. The summed E-state index contributed by atoms with van der Waals surface area (Å²) in [6.07, 6.45) is 4.03. The first-order valence-electron chi connectivity index (χ1n) is 6.69. The maximum absolute atomic E-state index is 11.1. The van der Waals surface area contributed by atoms with Crippen LogP contribution in [-0.2, 0) is 6.54 Å². The Bertz CT molecular complexity index is 667. The fourth-order valence-electron chi connectivity index (χ4n) is 2.13. The Morgan fingerprint density at radius 1 is 1.48 bits per heavy atom. The molecule has 0 fully saturated rings. The van der Waals surface area contributed by atoms with Crippen LogP contribution in [0, 0.1) is 24.0 Å². The number of aromatic nitrogens is 4. The molecule has 8 heteroatoms. The molecule has 2 aromatic rings. The monoisotopic (exact) mass is 290 g/mol. The summed E-state index contributed by atoms with van der Waals surface area (Å²) in [4.78, 5) is 15.0. The zero-order chi connectivity index (χ0) is 15.6. The lowest BCUT2D eigenvalue weighted by atomic mass is 10.1. The number of hydrogen-bond donors (Lipinski definition) is 1. The predicted molar refractivity (Wildman–Crippen MR) is 76.7 cm³/mol. The minimum absolute atomic E-state index is 0.102. The van der Waals surface area contributed by atoms with Crippen LogP contribution < -0.4 is 5.73 Å². The van der Waals surface area contributed by atoms with Crippen molar-refractivity contribution in [1.29, 1.82) is 0 Å². The van der Waals surface area contributed by atoms with Gasteiger partial charge in [0.25, 0.3) is 5.69 Å². The van der Waals surface area contributed by atoms with Crippen LogP contribution in [0.4, 0.5) is 5.69 Å². The van der Waals surface area contributed by atoms with Gasteiger partial charge in [-0.25, -0.2) is 4.68 Å². The number of rotatable bonds is 5. The van der Waals surface area contributed by atoms with Gasteiger partial charge < -0.3 is 5.73 Å². The third kappa shape index (κ3) is 3.05. The molecule has 1 unspecified atom stereocenters. The van der Waals surface area contributed by atoms with Gasteiger partial charge >= 0.3 is 0 Å². The third-order valence-electron chi connectivity index (χ3n) is 3.45. The Kier molecular flexibility index (Phi) is 4.27. The van der Waals surface area contributed by atoms with Gasteiger partial charge in [-0.05, 0) is 20.3 Å². The van der Waals surface area contributed by atoms with Gasteiger partial charge in [0.15, 0.2) is 0 Å². The summed E-state index contributed by atoms with van der Waals surface area (Å²) in [5, 5.41) is 19.1. The number of aryl methyl sites for hydroxylation is 1. The van der Waals surface area contributed by atoms with E-state index in [0.717, 1.165) is 6.42 Å². The average Bonchev–Trinajstić information content (AvgIpc) is 2.89. The summed E-state index contributed by atoms with van der Waals surface area (Å²) in [5.41, 5.74) is 8.41. The number of hydrogen-bond acceptors (Lipinski definition) is 6. The first-order valence-corrected chi connectivity index (χ1v) is 6.69. The molecule has 112 valence electrons. The highest BCUT2D eigenvalue weighted by molar-refractivity contribution is 5.47. The van der Waals surface area contributed by atoms with Crippen molar-refractivity contribution in [2.24, 2.45) is 5.73 Å². The van der Waals surface area contributed by atoms with Crippen molar-refractivity contribution in [2.75, 3.05) is 0 Å². The Balaban J connectivity index is 2.30. The molecule has 2 heterocycles. The normalized spacial score (nSPS) is 12.4. The van der Waals surface area contributed by atoms with Crippen molar-refractivity contribution in [1.82, 2.24) is 20.0 Å². The lowest BCUT2D eigenvalue weighted by molar-refractivity contribution is -0.386. The molecule has 2 N–H and O–H groups in total. The van der Waals surface area contributed by atoms with Gasteiger partial charge in [0.1, 0.15) is 0 Å². The van der Waals surface area contributed by atoms with Gasteiger partial charge in [0, 0.05) is 11.8 Å². The van der Waals surface area contributed by atoms with Crippen molar-refractivity contribution >= 4 is 5.69 Å². The average molecular weight is 290 g/mol. The van der Waals surface area contributed by atoms with E-state index in [0.29, 0.717) is 29.1 Å². The van der Waals surface area contributed by atoms with E-state index in [2.05, 4.69) is 15.3 Å². The molecule has 0 bridgehead atoms. The van der Waals surface area contributed by atoms with Crippen molar-refractivity contribution in [3.05, 3.63) is 45.0 Å². The van der Waals surface area contributed by atoms with Crippen LogP contribution in [-0.4, -0.2) is 24.9 Å². The standard InChI is InChI=1S/C13H18N6O2/c1-4-10(14)12-7-18(17-16-12)6-11-9(3)13(19(20)21)8(2)5-15-11/h5,7,10H,4,6,14H2,1-3H3. The second kappa shape index (κ2) is 5.96. The molecule has 0 amide bonds. The van der Waals surface area contributed by atoms with E-state index < -0.39 is 0 Å². The topological polar surface area (TPSA) is 113 Å². The zero-order valence-electron chi connectivity index (χ0n) is 12.3. The van der Waals surface area contributed by atoms with E-state index in [-0.39, 0.29) is 16.7 Å². The van der Waals surface area contributed by atoms with E-state index >= 15 is 0 Å². The highest BCUT2D eigenvalue weighted by atomic mass is 16.6. The first kappa shape index (κ1) is 15.0. The largest absolute Gasteiger partial charge is 0.323 e. The molecule has 0 aliphatic heterocycles. The summed E-state index contributed by atoms with van der Waals surface area (Å²) in [7, 11) is 0. The van der Waals surface area contributed by atoms with Crippen LogP contribution in [0.5, 0.6) is 0 Å². The van der Waals surface area contributed by atoms with E-state index in [1.54, 1.807) is 24.7 Å². The lowest BCUT2D eigenvalue weighted by Gasteiger charge is -2.07. The zero-order valence-corrected chi connectivity index (χ0v) is 12.3. The molecular formula is C13H18N6O2. The van der Waals surface area contributed by atoms with Gasteiger partial charge in [-0.15, -0.1) is 5.10 Å². The van der Waals surface area contributed by atoms with Crippen molar-refractivity contribution in [3.63, 3.8) is 0 Å². The number of pyridine rings is 1. The Morgan fingerprint density at radius 3 is 2.81 bits per heavy atom. The molecule has 0 saturated carbocycles. The Hall–Kier alpha value is -2.35. The summed E-state index contributed by atoms with van der Waals surface area (Å²) in [6.45, 7) is 5.67. The van der Waals surface area contributed by atoms with Crippen molar-refractivity contribution in [2.45, 2.75) is 39.8 Å². The quantitative estimate of drug-likeness (QED) is 0.661. The number of nitrogens with zero attached hydrogens (tertiary/aromatic N) is 5. The fourth-order valence-corrected chi connectivity index (χ4v) is 2.13. The molecule has 2 aromatic heterocycles. The summed E-state index contributed by atoms with van der Waals surface area (Å²) < 4.78 is 1.60. The van der Waals surface area contributed by atoms with E-state index in [4.69, 9.17) is 5.73 Å². The van der Waals surface area contributed by atoms with Crippen LogP contribution in [0.3, 0.4) is 0 Å². The van der Waals surface area contributed by atoms with Gasteiger partial charge in [-0.3, -0.25) is 15.1 Å². The maximum atomic E-state index is 11.1. The highest BCUT2D eigenvalue weighted by Gasteiger charge is 2.19. The number of nitro groups is 1. The van der Waals surface area contributed by atoms with Crippen LogP contribution in [0.15, 0.2) is 12.4 Å². The smallest absolute Gasteiger partial charge is 0.278 e. The molecule has 0 spiro atoms. The van der Waals surface area contributed by atoms with Crippen LogP contribution in [0.2, 0.25) is 0 Å².